The molecule has 0 fully saturated rings. The van der Waals surface area contributed by atoms with Crippen LogP contribution in [0.15, 0.2) is 66.7 Å². The molecule has 0 aliphatic heterocycles. The number of hydrogen-bond acceptors (Lipinski definition) is 2. The molecule has 22 heavy (non-hydrogen) atoms. The van der Waals surface area contributed by atoms with Gasteiger partial charge in [0.1, 0.15) is 5.01 Å². The third kappa shape index (κ3) is 1.63. The van der Waals surface area contributed by atoms with Crippen LogP contribution in [0.2, 0.25) is 0 Å². The van der Waals surface area contributed by atoms with Gasteiger partial charge in [-0.25, -0.2) is 4.98 Å². The standard InChI is InChI=1S/C19H12N2S/c1-2-8-14-12(6-1)18-13(7-5-10-16(18)20-14)19-21-15-9-3-4-11-17(15)22-19/h1-11,20H. The number of fused-ring (bicyclic) bond motifs is 4. The molecule has 5 rings (SSSR count). The van der Waals surface area contributed by atoms with E-state index in [1.165, 1.54) is 26.6 Å². The van der Waals surface area contributed by atoms with E-state index in [4.69, 9.17) is 4.98 Å². The number of rotatable bonds is 1. The van der Waals surface area contributed by atoms with E-state index in [1.807, 2.05) is 6.07 Å². The van der Waals surface area contributed by atoms with Crippen molar-refractivity contribution < 1.29 is 0 Å². The van der Waals surface area contributed by atoms with E-state index < -0.39 is 0 Å². The van der Waals surface area contributed by atoms with E-state index in [9.17, 15) is 0 Å². The van der Waals surface area contributed by atoms with Crippen LogP contribution < -0.4 is 0 Å². The number of hydrogen-bond donors (Lipinski definition) is 1. The Kier molecular flexibility index (Phi) is 2.40. The summed E-state index contributed by atoms with van der Waals surface area (Å²) in [4.78, 5) is 8.32. The van der Waals surface area contributed by atoms with Crippen molar-refractivity contribution in [1.82, 2.24) is 9.97 Å². The first-order valence-electron chi connectivity index (χ1n) is 7.25. The number of nitrogens with zero attached hydrogens (tertiary/aromatic N) is 1. The highest BCUT2D eigenvalue weighted by Crippen LogP contribution is 2.37. The lowest BCUT2D eigenvalue weighted by Crippen LogP contribution is -1.78. The van der Waals surface area contributed by atoms with Crippen molar-refractivity contribution in [2.75, 3.05) is 0 Å². The molecule has 2 heterocycles. The summed E-state index contributed by atoms with van der Waals surface area (Å²) in [6.45, 7) is 0. The average Bonchev–Trinajstić information content (AvgIpc) is 3.15. The molecule has 2 nitrogen and oxygen atoms in total. The van der Waals surface area contributed by atoms with Gasteiger partial charge >= 0.3 is 0 Å². The molecule has 0 saturated heterocycles. The number of nitrogens with one attached hydrogen (secondary N) is 1. The normalized spacial score (nSPS) is 11.6. The maximum Gasteiger partial charge on any atom is 0.125 e. The zero-order valence-electron chi connectivity index (χ0n) is 11.7. The third-order valence-corrected chi connectivity index (χ3v) is 5.12. The van der Waals surface area contributed by atoms with Crippen molar-refractivity contribution in [2.45, 2.75) is 0 Å². The van der Waals surface area contributed by atoms with E-state index in [0.29, 0.717) is 0 Å². The number of aromatic amines is 1. The Morgan fingerprint density at radius 2 is 1.59 bits per heavy atom. The molecule has 0 aliphatic carbocycles. The van der Waals surface area contributed by atoms with Gasteiger partial charge in [-0.05, 0) is 24.3 Å². The molecule has 0 aliphatic rings. The van der Waals surface area contributed by atoms with Gasteiger partial charge in [0.2, 0.25) is 0 Å². The van der Waals surface area contributed by atoms with Crippen LogP contribution in [0.3, 0.4) is 0 Å². The van der Waals surface area contributed by atoms with E-state index in [0.717, 1.165) is 16.0 Å². The van der Waals surface area contributed by atoms with Crippen LogP contribution in [0.25, 0.3) is 42.6 Å². The molecule has 5 aromatic rings. The van der Waals surface area contributed by atoms with Gasteiger partial charge < -0.3 is 4.98 Å². The molecular weight excluding hydrogens is 288 g/mol. The Morgan fingerprint density at radius 1 is 0.773 bits per heavy atom. The third-order valence-electron chi connectivity index (χ3n) is 4.05. The second-order valence-electron chi connectivity index (χ2n) is 5.39. The molecule has 0 radical (unpaired) electrons. The van der Waals surface area contributed by atoms with Gasteiger partial charge in [-0.1, -0.05) is 42.5 Å². The van der Waals surface area contributed by atoms with Gasteiger partial charge in [0.15, 0.2) is 0 Å². The summed E-state index contributed by atoms with van der Waals surface area (Å²) in [7, 11) is 0. The zero-order chi connectivity index (χ0) is 14.5. The molecule has 2 aromatic heterocycles. The second kappa shape index (κ2) is 4.42. The van der Waals surface area contributed by atoms with Crippen LogP contribution in [0.4, 0.5) is 0 Å². The quantitative estimate of drug-likeness (QED) is 0.429. The van der Waals surface area contributed by atoms with Gasteiger partial charge in [0.25, 0.3) is 0 Å². The van der Waals surface area contributed by atoms with Crippen molar-refractivity contribution in [3.05, 3.63) is 66.7 Å². The van der Waals surface area contributed by atoms with Crippen LogP contribution >= 0.6 is 11.3 Å². The summed E-state index contributed by atoms with van der Waals surface area (Å²) in [5.41, 5.74) is 4.61. The van der Waals surface area contributed by atoms with E-state index >= 15 is 0 Å². The maximum atomic E-state index is 4.82. The lowest BCUT2D eigenvalue weighted by Gasteiger charge is -1.99. The smallest absolute Gasteiger partial charge is 0.125 e. The van der Waals surface area contributed by atoms with Gasteiger partial charge in [-0.15, -0.1) is 11.3 Å². The molecule has 3 heteroatoms. The minimum atomic E-state index is 1.07. The van der Waals surface area contributed by atoms with Crippen molar-refractivity contribution >= 4 is 43.4 Å². The molecule has 0 amide bonds. The highest BCUT2D eigenvalue weighted by atomic mass is 32.1. The summed E-state index contributed by atoms with van der Waals surface area (Å²) in [6, 6.07) is 23.2. The molecule has 0 bridgehead atoms. The van der Waals surface area contributed by atoms with E-state index in [1.54, 1.807) is 11.3 Å². The van der Waals surface area contributed by atoms with Crippen LogP contribution in [0.1, 0.15) is 0 Å². The fourth-order valence-corrected chi connectivity index (χ4v) is 4.06. The lowest BCUT2D eigenvalue weighted by molar-refractivity contribution is 1.49. The molecular formula is C19H12N2S. The number of para-hydroxylation sites is 2. The first-order valence-corrected chi connectivity index (χ1v) is 8.07. The average molecular weight is 300 g/mol. The summed E-state index contributed by atoms with van der Waals surface area (Å²) >= 11 is 1.75. The summed E-state index contributed by atoms with van der Waals surface area (Å²) in [6.07, 6.45) is 0. The van der Waals surface area contributed by atoms with E-state index in [-0.39, 0.29) is 0 Å². The molecule has 3 aromatic carbocycles. The number of H-pyrrole nitrogens is 1. The molecule has 1 N–H and O–H groups in total. The van der Waals surface area contributed by atoms with Crippen molar-refractivity contribution in [2.24, 2.45) is 0 Å². The summed E-state index contributed by atoms with van der Waals surface area (Å²) in [5, 5.41) is 3.60. The first kappa shape index (κ1) is 12.0. The minimum absolute atomic E-state index is 1.07. The second-order valence-corrected chi connectivity index (χ2v) is 6.42. The SMILES string of the molecule is c1ccc2sc(-c3cccc4[nH]c5ccccc5c34)nc2c1. The van der Waals surface area contributed by atoms with Crippen molar-refractivity contribution in [1.29, 1.82) is 0 Å². The summed E-state index contributed by atoms with van der Waals surface area (Å²) < 4.78 is 1.23. The Hall–Kier alpha value is -2.65. The lowest BCUT2D eigenvalue weighted by atomic mass is 10.1. The van der Waals surface area contributed by atoms with Crippen LogP contribution in [0.5, 0.6) is 0 Å². The highest BCUT2D eigenvalue weighted by molar-refractivity contribution is 7.21. The van der Waals surface area contributed by atoms with Gasteiger partial charge in [0, 0.05) is 27.4 Å². The Morgan fingerprint density at radius 3 is 2.55 bits per heavy atom. The topological polar surface area (TPSA) is 28.7 Å². The highest BCUT2D eigenvalue weighted by Gasteiger charge is 2.13. The first-order chi connectivity index (χ1) is 10.9. The molecule has 0 unspecified atom stereocenters. The zero-order valence-corrected chi connectivity index (χ0v) is 12.5. The largest absolute Gasteiger partial charge is 0.354 e. The number of thiazole rings is 1. The van der Waals surface area contributed by atoms with Crippen molar-refractivity contribution in [3.8, 4) is 10.6 Å². The van der Waals surface area contributed by atoms with Crippen LogP contribution in [-0.2, 0) is 0 Å². The maximum absolute atomic E-state index is 4.82. The molecule has 0 saturated carbocycles. The summed E-state index contributed by atoms with van der Waals surface area (Å²) in [5.74, 6) is 0. The fourth-order valence-electron chi connectivity index (χ4n) is 3.07. The van der Waals surface area contributed by atoms with Crippen molar-refractivity contribution in [3.63, 3.8) is 0 Å². The predicted octanol–water partition coefficient (Wildman–Crippen LogP) is 5.60. The Labute approximate surface area is 131 Å². The van der Waals surface area contributed by atoms with Gasteiger partial charge in [0.05, 0.1) is 10.2 Å². The number of benzene rings is 3. The predicted molar refractivity (Wildman–Crippen MR) is 94.4 cm³/mol. The van der Waals surface area contributed by atoms with E-state index in [2.05, 4.69) is 65.6 Å². The van der Waals surface area contributed by atoms with Gasteiger partial charge in [-0.3, -0.25) is 0 Å². The Balaban J connectivity index is 1.90. The Bertz CT molecular complexity index is 1100. The molecule has 104 valence electrons. The molecule has 0 spiro atoms. The fraction of sp³-hybridized carbons (Fsp3) is 0. The molecule has 0 atom stereocenters. The van der Waals surface area contributed by atoms with Crippen LogP contribution in [-0.4, -0.2) is 9.97 Å². The number of aromatic nitrogens is 2. The monoisotopic (exact) mass is 300 g/mol. The van der Waals surface area contributed by atoms with Gasteiger partial charge in [-0.2, -0.15) is 0 Å². The minimum Gasteiger partial charge on any atom is -0.354 e. The van der Waals surface area contributed by atoms with Crippen LogP contribution in [0, 0.1) is 0 Å².